The number of nitrogens with one attached hydrogen (secondary N) is 1. The molecule has 4 aliphatic rings. The molecule has 1 fully saturated rings. The van der Waals surface area contributed by atoms with Crippen molar-refractivity contribution in [1.29, 1.82) is 5.41 Å². The molecule has 1 heteroatoms. The third kappa shape index (κ3) is 2.43. The molecule has 0 heterocycles. The summed E-state index contributed by atoms with van der Waals surface area (Å²) in [5, 5.41) is 7.92. The fraction of sp³-hybridized carbons (Fsp3) is 0.519. The van der Waals surface area contributed by atoms with E-state index >= 15 is 0 Å². The first-order chi connectivity index (χ1) is 13.3. The number of rotatable bonds is 3. The average molecular weight is 372 g/mol. The van der Waals surface area contributed by atoms with Gasteiger partial charge in [0.25, 0.3) is 0 Å². The van der Waals surface area contributed by atoms with Crippen LogP contribution in [0, 0.1) is 45.8 Å². The van der Waals surface area contributed by atoms with Crippen molar-refractivity contribution in [1.82, 2.24) is 0 Å². The van der Waals surface area contributed by atoms with E-state index < -0.39 is 0 Å². The van der Waals surface area contributed by atoms with Gasteiger partial charge in [0, 0.05) is 23.0 Å². The van der Waals surface area contributed by atoms with Crippen molar-refractivity contribution in [2.75, 3.05) is 0 Å². The molecule has 0 aromatic rings. The SMILES string of the molecule is C#CC1CCC2(C)C(=CCC3(C)C2=CCC2(C)C(/C(C=N)=C/C=C)=CCC23)C1. The number of allylic oxidation sites excluding steroid dienone is 9. The lowest BCUT2D eigenvalue weighted by molar-refractivity contribution is 0.0728. The predicted octanol–water partition coefficient (Wildman–Crippen LogP) is 6.81. The van der Waals surface area contributed by atoms with Crippen LogP contribution in [-0.2, 0) is 0 Å². The van der Waals surface area contributed by atoms with Gasteiger partial charge in [0.1, 0.15) is 0 Å². The summed E-state index contributed by atoms with van der Waals surface area (Å²) in [5.74, 6) is 4.01. The summed E-state index contributed by atoms with van der Waals surface area (Å²) < 4.78 is 0. The van der Waals surface area contributed by atoms with E-state index in [4.69, 9.17) is 11.8 Å². The molecule has 0 aliphatic heterocycles. The first-order valence-electron chi connectivity index (χ1n) is 10.7. The number of fused-ring (bicyclic) bond motifs is 5. The molecule has 4 aliphatic carbocycles. The Hall–Kier alpha value is -2.07. The van der Waals surface area contributed by atoms with Crippen molar-refractivity contribution in [2.24, 2.45) is 28.1 Å². The normalized spacial score (nSPS) is 42.1. The fourth-order valence-electron chi connectivity index (χ4n) is 7.07. The zero-order chi connectivity index (χ0) is 20.2. The molecule has 1 saturated carbocycles. The Morgan fingerprint density at radius 3 is 2.64 bits per heavy atom. The Bertz CT molecular complexity index is 888. The maximum absolute atomic E-state index is 7.92. The predicted molar refractivity (Wildman–Crippen MR) is 119 cm³/mol. The van der Waals surface area contributed by atoms with Crippen LogP contribution < -0.4 is 0 Å². The molecule has 4 rings (SSSR count). The molecule has 5 atom stereocenters. The molecule has 0 saturated heterocycles. The van der Waals surface area contributed by atoms with E-state index in [1.165, 1.54) is 18.2 Å². The van der Waals surface area contributed by atoms with Crippen LogP contribution in [0.2, 0.25) is 0 Å². The summed E-state index contributed by atoms with van der Waals surface area (Å²) in [7, 11) is 0. The molecule has 146 valence electrons. The van der Waals surface area contributed by atoms with E-state index in [-0.39, 0.29) is 16.2 Å². The van der Waals surface area contributed by atoms with E-state index in [9.17, 15) is 0 Å². The van der Waals surface area contributed by atoms with Gasteiger partial charge in [0.2, 0.25) is 0 Å². The van der Waals surface area contributed by atoms with Crippen LogP contribution in [0.4, 0.5) is 0 Å². The molecule has 0 aromatic heterocycles. The Labute approximate surface area is 170 Å². The highest BCUT2D eigenvalue weighted by atomic mass is 14.6. The topological polar surface area (TPSA) is 23.9 Å². The average Bonchev–Trinajstić information content (AvgIpc) is 3.03. The van der Waals surface area contributed by atoms with E-state index in [0.717, 1.165) is 37.7 Å². The highest BCUT2D eigenvalue weighted by Crippen LogP contribution is 2.68. The molecular formula is C27H33N. The van der Waals surface area contributed by atoms with Crippen molar-refractivity contribution >= 4 is 6.21 Å². The lowest BCUT2D eigenvalue weighted by atomic mass is 9.45. The molecule has 0 radical (unpaired) electrons. The van der Waals surface area contributed by atoms with Gasteiger partial charge in [-0.05, 0) is 61.0 Å². The molecule has 1 N–H and O–H groups in total. The van der Waals surface area contributed by atoms with Gasteiger partial charge in [0.05, 0.1) is 0 Å². The van der Waals surface area contributed by atoms with Crippen LogP contribution >= 0.6 is 0 Å². The highest BCUT2D eigenvalue weighted by Gasteiger charge is 2.58. The van der Waals surface area contributed by atoms with Gasteiger partial charge in [-0.1, -0.05) is 68.9 Å². The summed E-state index contributed by atoms with van der Waals surface area (Å²) in [4.78, 5) is 0. The Morgan fingerprint density at radius 1 is 1.21 bits per heavy atom. The molecule has 0 spiro atoms. The van der Waals surface area contributed by atoms with Gasteiger partial charge in [-0.3, -0.25) is 0 Å². The van der Waals surface area contributed by atoms with Crippen LogP contribution in [0.25, 0.3) is 0 Å². The van der Waals surface area contributed by atoms with Crippen LogP contribution in [-0.4, -0.2) is 6.21 Å². The van der Waals surface area contributed by atoms with Gasteiger partial charge >= 0.3 is 0 Å². The van der Waals surface area contributed by atoms with Gasteiger partial charge < -0.3 is 5.41 Å². The molecule has 0 amide bonds. The van der Waals surface area contributed by atoms with Crippen LogP contribution in [0.15, 0.2) is 59.3 Å². The van der Waals surface area contributed by atoms with Crippen LogP contribution in [0.3, 0.4) is 0 Å². The molecule has 28 heavy (non-hydrogen) atoms. The van der Waals surface area contributed by atoms with E-state index in [1.54, 1.807) is 11.1 Å². The van der Waals surface area contributed by atoms with E-state index in [1.807, 2.05) is 12.2 Å². The smallest absolute Gasteiger partial charge is 0.0253 e. The number of hydrogen-bond donors (Lipinski definition) is 1. The third-order valence-electron chi connectivity index (χ3n) is 8.59. The summed E-state index contributed by atoms with van der Waals surface area (Å²) in [6.45, 7) is 11.3. The number of terminal acetylenes is 1. The summed E-state index contributed by atoms with van der Waals surface area (Å²) in [6, 6.07) is 0. The minimum Gasteiger partial charge on any atom is -0.308 e. The van der Waals surface area contributed by atoms with E-state index in [0.29, 0.717) is 11.8 Å². The Morgan fingerprint density at radius 2 is 1.96 bits per heavy atom. The highest BCUT2D eigenvalue weighted by molar-refractivity contribution is 5.84. The first-order valence-corrected chi connectivity index (χ1v) is 10.7. The minimum atomic E-state index is 0.0996. The molecule has 5 unspecified atom stereocenters. The summed E-state index contributed by atoms with van der Waals surface area (Å²) in [6.07, 6.45) is 25.3. The third-order valence-corrected chi connectivity index (χ3v) is 8.59. The van der Waals surface area contributed by atoms with Crippen molar-refractivity contribution < 1.29 is 0 Å². The largest absolute Gasteiger partial charge is 0.308 e. The van der Waals surface area contributed by atoms with Gasteiger partial charge in [-0.15, -0.1) is 12.3 Å². The zero-order valence-electron chi connectivity index (χ0n) is 17.6. The lowest BCUT2D eigenvalue weighted by Gasteiger charge is -2.58. The molecular weight excluding hydrogens is 338 g/mol. The van der Waals surface area contributed by atoms with Crippen molar-refractivity contribution in [2.45, 2.75) is 59.3 Å². The Balaban J connectivity index is 1.75. The van der Waals surface area contributed by atoms with Crippen LogP contribution in [0.1, 0.15) is 59.3 Å². The second-order valence-electron chi connectivity index (χ2n) is 9.94. The first kappa shape index (κ1) is 19.3. The second-order valence-corrected chi connectivity index (χ2v) is 9.94. The maximum atomic E-state index is 7.92. The van der Waals surface area contributed by atoms with E-state index in [2.05, 4.69) is 51.5 Å². The summed E-state index contributed by atoms with van der Waals surface area (Å²) >= 11 is 0. The number of hydrogen-bond acceptors (Lipinski definition) is 1. The molecule has 1 nitrogen and oxygen atoms in total. The molecule has 0 bridgehead atoms. The monoisotopic (exact) mass is 371 g/mol. The quantitative estimate of drug-likeness (QED) is 0.244. The Kier molecular flexibility index (Phi) is 4.46. The second kappa shape index (κ2) is 6.48. The van der Waals surface area contributed by atoms with Crippen LogP contribution in [0.5, 0.6) is 0 Å². The van der Waals surface area contributed by atoms with Gasteiger partial charge in [-0.2, -0.15) is 0 Å². The zero-order valence-corrected chi connectivity index (χ0v) is 17.6. The minimum absolute atomic E-state index is 0.0996. The molecule has 0 aromatic carbocycles. The standard InChI is InChI=1S/C27H33N/c1-6-8-20(18-28)22-9-10-23-26(22,4)16-13-24-25(3)14-11-19(7-2)17-21(25)12-15-27(23,24)5/h2,6,8-9,12-13,18-19,23,28H,1,10-11,14-17H2,3-5H3/b20-8+,28-18?. The van der Waals surface area contributed by atoms with Crippen molar-refractivity contribution in [3.05, 3.63) is 59.3 Å². The maximum Gasteiger partial charge on any atom is 0.0253 e. The lowest BCUT2D eigenvalue weighted by Crippen LogP contribution is -2.49. The van der Waals surface area contributed by atoms with Gasteiger partial charge in [-0.25, -0.2) is 0 Å². The van der Waals surface area contributed by atoms with Crippen molar-refractivity contribution in [3.63, 3.8) is 0 Å². The summed E-state index contributed by atoms with van der Waals surface area (Å²) in [5.41, 5.74) is 6.11. The van der Waals surface area contributed by atoms with Gasteiger partial charge in [0.15, 0.2) is 0 Å². The fourth-order valence-corrected chi connectivity index (χ4v) is 7.07. The van der Waals surface area contributed by atoms with Crippen molar-refractivity contribution in [3.8, 4) is 12.3 Å².